The molecule has 11 heteroatoms. The number of hydrogen-bond acceptors (Lipinski definition) is 6. The van der Waals surface area contributed by atoms with E-state index in [0.29, 0.717) is 19.2 Å². The van der Waals surface area contributed by atoms with E-state index in [4.69, 9.17) is 4.52 Å². The molecule has 0 aliphatic carbocycles. The number of carbonyl (C=O) groups is 3. The maximum Gasteiger partial charge on any atom is 0.315 e. The fraction of sp³-hybridized carbons (Fsp3) is 0.353. The number of nitrogens with zero attached hydrogens (tertiary/aromatic N) is 3. The largest absolute Gasteiger partial charge is 0.341 e. The number of hydrogen-bond donors (Lipinski definition) is 2. The van der Waals surface area contributed by atoms with E-state index < -0.39 is 29.3 Å². The van der Waals surface area contributed by atoms with Crippen molar-refractivity contribution in [2.24, 2.45) is 0 Å². The molecule has 0 radical (unpaired) electrons. The summed E-state index contributed by atoms with van der Waals surface area (Å²) in [4.78, 5) is 41.2. The average Bonchev–Trinajstić information content (AvgIpc) is 3.34. The van der Waals surface area contributed by atoms with Gasteiger partial charge in [0.1, 0.15) is 11.6 Å². The molecule has 0 spiro atoms. The van der Waals surface area contributed by atoms with Crippen molar-refractivity contribution in [3.8, 4) is 0 Å². The summed E-state index contributed by atoms with van der Waals surface area (Å²) in [6.45, 7) is 1.15. The average molecular weight is 393 g/mol. The van der Waals surface area contributed by atoms with Crippen LogP contribution in [0, 0.1) is 11.6 Å². The van der Waals surface area contributed by atoms with E-state index in [1.165, 1.54) is 0 Å². The van der Waals surface area contributed by atoms with Crippen LogP contribution < -0.4 is 10.6 Å². The first-order valence-corrected chi connectivity index (χ1v) is 8.56. The molecule has 0 bridgehead atoms. The van der Waals surface area contributed by atoms with Crippen molar-refractivity contribution in [3.63, 3.8) is 0 Å². The van der Waals surface area contributed by atoms with E-state index in [1.807, 2.05) is 0 Å². The number of aromatic nitrogens is 2. The Morgan fingerprint density at radius 3 is 2.64 bits per heavy atom. The third-order valence-electron chi connectivity index (χ3n) is 4.05. The summed E-state index contributed by atoms with van der Waals surface area (Å²) >= 11 is 0. The Kier molecular flexibility index (Phi) is 5.92. The van der Waals surface area contributed by atoms with Crippen LogP contribution in [0.2, 0.25) is 0 Å². The van der Waals surface area contributed by atoms with Gasteiger partial charge in [-0.2, -0.15) is 4.98 Å². The highest BCUT2D eigenvalue weighted by Gasteiger charge is 2.21. The zero-order valence-corrected chi connectivity index (χ0v) is 14.7. The van der Waals surface area contributed by atoms with Crippen molar-refractivity contribution in [2.45, 2.75) is 19.3 Å². The van der Waals surface area contributed by atoms with Crippen LogP contribution in [0.15, 0.2) is 22.7 Å². The number of likely N-dealkylation sites (tertiary alicyclic amines) is 1. The number of carbonyl (C=O) groups excluding carboxylic acids is 3. The Bertz CT molecular complexity index is 895. The summed E-state index contributed by atoms with van der Waals surface area (Å²) in [5.41, 5.74) is -0.201. The summed E-state index contributed by atoms with van der Waals surface area (Å²) in [5, 5.41) is 8.13. The van der Waals surface area contributed by atoms with Gasteiger partial charge < -0.3 is 20.1 Å². The zero-order valence-electron chi connectivity index (χ0n) is 14.7. The monoisotopic (exact) mass is 393 g/mol. The quantitative estimate of drug-likeness (QED) is 0.752. The van der Waals surface area contributed by atoms with Crippen LogP contribution in [0.25, 0.3) is 0 Å². The van der Waals surface area contributed by atoms with Crippen LogP contribution in [-0.4, -0.2) is 52.4 Å². The highest BCUT2D eigenvalue weighted by molar-refractivity contribution is 5.93. The predicted molar refractivity (Wildman–Crippen MR) is 91.1 cm³/mol. The molecule has 2 N–H and O–H groups in total. The standard InChI is InChI=1S/C17H17F2N5O4/c18-10-3-4-12(11(19)7-10)21-14(25)8-13-22-17(28-23-13)16(27)20-9-15(26)24-5-1-2-6-24/h3-4,7H,1-2,5-6,8-9H2,(H,20,27)(H,21,25). The molecule has 3 rings (SSSR count). The molecule has 9 nitrogen and oxygen atoms in total. The van der Waals surface area contributed by atoms with E-state index in [9.17, 15) is 23.2 Å². The molecule has 2 aromatic rings. The van der Waals surface area contributed by atoms with Gasteiger partial charge in [0.15, 0.2) is 5.82 Å². The van der Waals surface area contributed by atoms with Crippen molar-refractivity contribution in [1.82, 2.24) is 20.4 Å². The minimum Gasteiger partial charge on any atom is -0.341 e. The predicted octanol–water partition coefficient (Wildman–Crippen LogP) is 0.881. The number of benzene rings is 1. The van der Waals surface area contributed by atoms with Gasteiger partial charge in [0.25, 0.3) is 0 Å². The maximum absolute atomic E-state index is 13.5. The fourth-order valence-corrected chi connectivity index (χ4v) is 2.66. The Morgan fingerprint density at radius 2 is 1.93 bits per heavy atom. The minimum atomic E-state index is -0.927. The lowest BCUT2D eigenvalue weighted by Gasteiger charge is -2.14. The molecule has 2 heterocycles. The molecule has 0 saturated carbocycles. The van der Waals surface area contributed by atoms with Crippen LogP contribution in [0.5, 0.6) is 0 Å². The van der Waals surface area contributed by atoms with Gasteiger partial charge in [0.2, 0.25) is 11.8 Å². The Hall–Kier alpha value is -3.37. The highest BCUT2D eigenvalue weighted by atomic mass is 19.1. The number of nitrogens with one attached hydrogen (secondary N) is 2. The molecule has 1 aromatic carbocycles. The number of halogens is 2. The summed E-state index contributed by atoms with van der Waals surface area (Å²) < 4.78 is 31.2. The van der Waals surface area contributed by atoms with Gasteiger partial charge in [-0.3, -0.25) is 14.4 Å². The molecule has 1 saturated heterocycles. The molecule has 0 unspecified atom stereocenters. The lowest BCUT2D eigenvalue weighted by molar-refractivity contribution is -0.129. The molecule has 28 heavy (non-hydrogen) atoms. The molecule has 1 aromatic heterocycles. The molecule has 148 valence electrons. The summed E-state index contributed by atoms with van der Waals surface area (Å²) in [6.07, 6.45) is 1.49. The third-order valence-corrected chi connectivity index (χ3v) is 4.05. The van der Waals surface area contributed by atoms with Crippen LogP contribution in [0.3, 0.4) is 0 Å². The molecular weight excluding hydrogens is 376 g/mol. The minimum absolute atomic E-state index is 0.101. The molecule has 0 atom stereocenters. The molecule has 3 amide bonds. The summed E-state index contributed by atoms with van der Waals surface area (Å²) in [5.74, 6) is -3.82. The van der Waals surface area contributed by atoms with Crippen molar-refractivity contribution < 1.29 is 27.7 Å². The SMILES string of the molecule is O=C(Cc1noc(C(=O)NCC(=O)N2CCCC2)n1)Nc1ccc(F)cc1F. The van der Waals surface area contributed by atoms with E-state index in [-0.39, 0.29) is 30.4 Å². The molecule has 1 aliphatic heterocycles. The normalized spacial score (nSPS) is 13.4. The summed E-state index contributed by atoms with van der Waals surface area (Å²) in [7, 11) is 0. The van der Waals surface area contributed by atoms with E-state index in [2.05, 4.69) is 20.8 Å². The lowest BCUT2D eigenvalue weighted by atomic mass is 10.3. The first-order valence-electron chi connectivity index (χ1n) is 8.56. The zero-order chi connectivity index (χ0) is 20.1. The maximum atomic E-state index is 13.5. The number of rotatable bonds is 6. The lowest BCUT2D eigenvalue weighted by Crippen LogP contribution is -2.38. The van der Waals surface area contributed by atoms with Gasteiger partial charge in [-0.25, -0.2) is 8.78 Å². The summed E-state index contributed by atoms with van der Waals surface area (Å²) in [6, 6.07) is 2.71. The van der Waals surface area contributed by atoms with Crippen molar-refractivity contribution in [1.29, 1.82) is 0 Å². The number of amides is 3. The van der Waals surface area contributed by atoms with Crippen molar-refractivity contribution in [2.75, 3.05) is 25.0 Å². The van der Waals surface area contributed by atoms with Gasteiger partial charge in [-0.1, -0.05) is 5.16 Å². The van der Waals surface area contributed by atoms with Crippen LogP contribution in [0.4, 0.5) is 14.5 Å². The van der Waals surface area contributed by atoms with Gasteiger partial charge in [0.05, 0.1) is 18.7 Å². The van der Waals surface area contributed by atoms with Crippen molar-refractivity contribution in [3.05, 3.63) is 41.5 Å². The Labute approximate surface area is 158 Å². The molecule has 1 fully saturated rings. The molecular formula is C17H17F2N5O4. The smallest absolute Gasteiger partial charge is 0.315 e. The van der Waals surface area contributed by atoms with E-state index in [0.717, 1.165) is 25.0 Å². The van der Waals surface area contributed by atoms with Crippen LogP contribution in [0.1, 0.15) is 29.4 Å². The second kappa shape index (κ2) is 8.55. The first kappa shape index (κ1) is 19.4. The van der Waals surface area contributed by atoms with Crippen LogP contribution >= 0.6 is 0 Å². The first-order chi connectivity index (χ1) is 13.4. The Balaban J connectivity index is 1.50. The van der Waals surface area contributed by atoms with Gasteiger partial charge in [0, 0.05) is 19.2 Å². The van der Waals surface area contributed by atoms with Crippen LogP contribution in [-0.2, 0) is 16.0 Å². The number of anilines is 1. The van der Waals surface area contributed by atoms with E-state index >= 15 is 0 Å². The topological polar surface area (TPSA) is 117 Å². The van der Waals surface area contributed by atoms with Gasteiger partial charge in [-0.15, -0.1) is 0 Å². The second-order valence-electron chi connectivity index (χ2n) is 6.14. The second-order valence-corrected chi connectivity index (χ2v) is 6.14. The van der Waals surface area contributed by atoms with Crippen molar-refractivity contribution >= 4 is 23.4 Å². The molecule has 1 aliphatic rings. The fourth-order valence-electron chi connectivity index (χ4n) is 2.66. The van der Waals surface area contributed by atoms with E-state index in [1.54, 1.807) is 4.90 Å². The highest BCUT2D eigenvalue weighted by Crippen LogP contribution is 2.15. The third kappa shape index (κ3) is 4.87. The Morgan fingerprint density at radius 1 is 1.18 bits per heavy atom. The van der Waals surface area contributed by atoms with Gasteiger partial charge >= 0.3 is 11.8 Å². The van der Waals surface area contributed by atoms with Gasteiger partial charge in [-0.05, 0) is 25.0 Å².